The van der Waals surface area contributed by atoms with Crippen LogP contribution in [0.1, 0.15) is 19.3 Å². The summed E-state index contributed by atoms with van der Waals surface area (Å²) in [5.41, 5.74) is -1.06. The molecule has 17 heavy (non-hydrogen) atoms. The minimum atomic E-state index is -3.98. The second-order valence-corrected chi connectivity index (χ2v) is 8.73. The molecule has 0 atom stereocenters. The van der Waals surface area contributed by atoms with Gasteiger partial charge in [0.05, 0.1) is 5.41 Å². The summed E-state index contributed by atoms with van der Waals surface area (Å²) in [5, 5.41) is 7.94. The van der Waals surface area contributed by atoms with E-state index in [0.717, 1.165) is 12.7 Å². The summed E-state index contributed by atoms with van der Waals surface area (Å²) >= 11 is 0. The zero-order chi connectivity index (χ0) is 13.3. The Morgan fingerprint density at radius 3 is 2.12 bits per heavy atom. The molecule has 7 nitrogen and oxygen atoms in total. The number of carboxylic acids is 1. The van der Waals surface area contributed by atoms with Crippen LogP contribution in [0, 0.1) is 5.41 Å². The third kappa shape index (κ3) is 3.93. The van der Waals surface area contributed by atoms with Gasteiger partial charge in [0.2, 0.25) is 10.0 Å². The van der Waals surface area contributed by atoms with E-state index in [9.17, 15) is 21.6 Å². The monoisotopic (exact) mass is 285 g/mol. The Kier molecular flexibility index (Phi) is 3.84. The maximum absolute atomic E-state index is 11.4. The zero-order valence-electron chi connectivity index (χ0n) is 9.34. The highest BCUT2D eigenvalue weighted by atomic mass is 32.3. The van der Waals surface area contributed by atoms with Crippen molar-refractivity contribution in [2.24, 2.45) is 5.41 Å². The van der Waals surface area contributed by atoms with Gasteiger partial charge in [0.1, 0.15) is 0 Å². The predicted octanol–water partition coefficient (Wildman–Crippen LogP) is -0.837. The number of nitrogens with one attached hydrogen (secondary N) is 1. The highest BCUT2D eigenvalue weighted by Crippen LogP contribution is 2.40. The molecule has 1 saturated carbocycles. The number of carboxylic acid groups (broad SMARTS) is 1. The fraction of sp³-hybridized carbons (Fsp3) is 0.875. The van der Waals surface area contributed by atoms with Gasteiger partial charge in [0, 0.05) is 12.8 Å². The van der Waals surface area contributed by atoms with Crippen LogP contribution < -0.4 is 4.72 Å². The van der Waals surface area contributed by atoms with Crippen molar-refractivity contribution in [1.29, 1.82) is 0 Å². The third-order valence-electron chi connectivity index (χ3n) is 2.76. The number of sulfone groups is 1. The van der Waals surface area contributed by atoms with Crippen molar-refractivity contribution in [3.05, 3.63) is 0 Å². The van der Waals surface area contributed by atoms with E-state index in [1.54, 1.807) is 0 Å². The van der Waals surface area contributed by atoms with Crippen molar-refractivity contribution in [2.75, 3.05) is 17.9 Å². The molecule has 0 aromatic carbocycles. The topological polar surface area (TPSA) is 118 Å². The van der Waals surface area contributed by atoms with Crippen LogP contribution in [0.3, 0.4) is 0 Å². The van der Waals surface area contributed by atoms with E-state index >= 15 is 0 Å². The van der Waals surface area contributed by atoms with Gasteiger partial charge in [-0.3, -0.25) is 4.79 Å². The van der Waals surface area contributed by atoms with Gasteiger partial charge in [0.25, 0.3) is 0 Å². The third-order valence-corrected chi connectivity index (χ3v) is 6.30. The molecular formula is C8H15NO6S2. The molecule has 0 saturated heterocycles. The second kappa shape index (κ2) is 4.54. The van der Waals surface area contributed by atoms with E-state index in [2.05, 4.69) is 4.72 Å². The molecule has 1 aliphatic carbocycles. The van der Waals surface area contributed by atoms with E-state index in [1.807, 2.05) is 0 Å². The minimum Gasteiger partial charge on any atom is -0.481 e. The van der Waals surface area contributed by atoms with E-state index in [1.165, 1.54) is 0 Å². The van der Waals surface area contributed by atoms with E-state index in [-0.39, 0.29) is 6.54 Å². The van der Waals surface area contributed by atoms with Crippen molar-refractivity contribution >= 4 is 25.8 Å². The van der Waals surface area contributed by atoms with Crippen molar-refractivity contribution < 1.29 is 26.7 Å². The molecular weight excluding hydrogens is 270 g/mol. The molecule has 2 N–H and O–H groups in total. The first kappa shape index (κ1) is 14.4. The molecule has 0 aromatic rings. The normalized spacial score (nSPS) is 19.6. The number of sulfonamides is 1. The van der Waals surface area contributed by atoms with Gasteiger partial charge in [-0.05, 0) is 12.8 Å². The maximum Gasteiger partial charge on any atom is 0.310 e. The Morgan fingerprint density at radius 1 is 1.29 bits per heavy atom. The van der Waals surface area contributed by atoms with Crippen LogP contribution in [-0.4, -0.2) is 45.8 Å². The largest absolute Gasteiger partial charge is 0.481 e. The van der Waals surface area contributed by atoms with Crippen molar-refractivity contribution in [3.8, 4) is 0 Å². The molecule has 0 unspecified atom stereocenters. The van der Waals surface area contributed by atoms with E-state index in [0.29, 0.717) is 12.8 Å². The van der Waals surface area contributed by atoms with Crippen molar-refractivity contribution in [2.45, 2.75) is 19.3 Å². The molecule has 100 valence electrons. The number of hydrogen-bond donors (Lipinski definition) is 2. The van der Waals surface area contributed by atoms with Gasteiger partial charge in [-0.1, -0.05) is 6.42 Å². The number of aliphatic carboxylic acids is 1. The minimum absolute atomic E-state index is 0.250. The molecule has 1 fully saturated rings. The summed E-state index contributed by atoms with van der Waals surface area (Å²) in [4.78, 5) is 11.0. The summed E-state index contributed by atoms with van der Waals surface area (Å²) in [5.74, 6) is -1.05. The first-order chi connectivity index (χ1) is 7.56. The molecule has 0 aromatic heterocycles. The van der Waals surface area contributed by atoms with E-state index < -0.39 is 36.3 Å². The van der Waals surface area contributed by atoms with Gasteiger partial charge < -0.3 is 5.11 Å². The lowest BCUT2D eigenvalue weighted by molar-refractivity contribution is -0.153. The first-order valence-electron chi connectivity index (χ1n) is 4.95. The SMILES string of the molecule is CS(=O)(=O)CS(=O)(=O)NCC1(C(=O)O)CCC1. The van der Waals surface area contributed by atoms with Crippen molar-refractivity contribution in [3.63, 3.8) is 0 Å². The molecule has 0 amide bonds. The second-order valence-electron chi connectivity index (χ2n) is 4.42. The van der Waals surface area contributed by atoms with Crippen molar-refractivity contribution in [1.82, 2.24) is 4.72 Å². The lowest BCUT2D eigenvalue weighted by atomic mass is 9.69. The fourth-order valence-corrected chi connectivity index (χ4v) is 4.73. The number of hydrogen-bond acceptors (Lipinski definition) is 5. The van der Waals surface area contributed by atoms with Crippen LogP contribution in [0.2, 0.25) is 0 Å². The van der Waals surface area contributed by atoms with Gasteiger partial charge >= 0.3 is 5.97 Å². The summed E-state index contributed by atoms with van der Waals surface area (Å²) < 4.78 is 46.5. The summed E-state index contributed by atoms with van der Waals surface area (Å²) in [6.07, 6.45) is 2.36. The van der Waals surface area contributed by atoms with Crippen LogP contribution >= 0.6 is 0 Å². The summed E-state index contributed by atoms with van der Waals surface area (Å²) in [6, 6.07) is 0. The highest BCUT2D eigenvalue weighted by molar-refractivity contribution is 8.06. The van der Waals surface area contributed by atoms with Crippen LogP contribution in [0.5, 0.6) is 0 Å². The Balaban J connectivity index is 2.65. The van der Waals surface area contributed by atoms with Gasteiger partial charge in [0.15, 0.2) is 14.9 Å². The number of carbonyl (C=O) groups is 1. The van der Waals surface area contributed by atoms with Gasteiger partial charge in [-0.15, -0.1) is 0 Å². The average Bonchev–Trinajstić information content (AvgIpc) is 1.95. The molecule has 0 heterocycles. The van der Waals surface area contributed by atoms with Crippen LogP contribution in [-0.2, 0) is 24.7 Å². The first-order valence-corrected chi connectivity index (χ1v) is 8.66. The quantitative estimate of drug-likeness (QED) is 0.657. The van der Waals surface area contributed by atoms with Gasteiger partial charge in [-0.2, -0.15) is 0 Å². The number of rotatable bonds is 6. The Hall–Kier alpha value is -0.670. The lowest BCUT2D eigenvalue weighted by Crippen LogP contribution is -2.48. The predicted molar refractivity (Wildman–Crippen MR) is 60.6 cm³/mol. The molecule has 1 rings (SSSR count). The molecule has 0 aliphatic heterocycles. The smallest absolute Gasteiger partial charge is 0.310 e. The molecule has 0 spiro atoms. The fourth-order valence-electron chi connectivity index (χ4n) is 1.64. The van der Waals surface area contributed by atoms with Crippen LogP contribution in [0.4, 0.5) is 0 Å². The Labute approximate surface area is 100 Å². The molecule has 1 aliphatic rings. The van der Waals surface area contributed by atoms with Crippen LogP contribution in [0.25, 0.3) is 0 Å². The zero-order valence-corrected chi connectivity index (χ0v) is 11.0. The van der Waals surface area contributed by atoms with Gasteiger partial charge in [-0.25, -0.2) is 21.6 Å². The summed E-state index contributed by atoms with van der Waals surface area (Å²) in [6.45, 7) is -0.250. The standard InChI is InChI=1S/C8H15NO6S2/c1-16(12,13)6-17(14,15)9-5-8(7(10)11)3-2-4-8/h9H,2-6H2,1H3,(H,10,11). The molecule has 0 radical (unpaired) electrons. The summed E-state index contributed by atoms with van der Waals surface area (Å²) in [7, 11) is -7.64. The molecule has 0 bridgehead atoms. The molecule has 9 heteroatoms. The average molecular weight is 285 g/mol. The maximum atomic E-state index is 11.4. The van der Waals surface area contributed by atoms with Crippen LogP contribution in [0.15, 0.2) is 0 Å². The Bertz CT molecular complexity index is 502. The van der Waals surface area contributed by atoms with E-state index in [4.69, 9.17) is 5.11 Å². The Morgan fingerprint density at radius 2 is 1.82 bits per heavy atom. The lowest BCUT2D eigenvalue weighted by Gasteiger charge is -2.37. The highest BCUT2D eigenvalue weighted by Gasteiger charge is 2.45.